The molecule has 9 heteroatoms. The Labute approximate surface area is 230 Å². The number of nitrogens with two attached hydrogens (primary N) is 1. The van der Waals surface area contributed by atoms with E-state index in [-0.39, 0.29) is 17.3 Å². The van der Waals surface area contributed by atoms with Gasteiger partial charge >= 0.3 is 0 Å². The molecule has 40 heavy (non-hydrogen) atoms. The first kappa shape index (κ1) is 24.8. The molecule has 5 aromatic rings. The van der Waals surface area contributed by atoms with E-state index in [4.69, 9.17) is 19.9 Å². The zero-order valence-corrected chi connectivity index (χ0v) is 22.1. The first-order valence-corrected chi connectivity index (χ1v) is 12.6. The van der Waals surface area contributed by atoms with Gasteiger partial charge in [0.2, 0.25) is 11.8 Å². The van der Waals surface area contributed by atoms with E-state index in [2.05, 4.69) is 16.2 Å². The summed E-state index contributed by atoms with van der Waals surface area (Å²) in [5.74, 6) is 0.451. The van der Waals surface area contributed by atoms with Gasteiger partial charge in [0.1, 0.15) is 28.8 Å². The van der Waals surface area contributed by atoms with E-state index in [9.17, 15) is 10.1 Å². The predicted molar refractivity (Wildman–Crippen MR) is 149 cm³/mol. The maximum Gasteiger partial charge on any atom is 0.298 e. The van der Waals surface area contributed by atoms with Gasteiger partial charge in [-0.1, -0.05) is 42.5 Å². The van der Waals surface area contributed by atoms with Gasteiger partial charge in [-0.2, -0.15) is 15.0 Å². The van der Waals surface area contributed by atoms with Gasteiger partial charge < -0.3 is 24.9 Å². The third-order valence-corrected chi connectivity index (χ3v) is 7.16. The molecule has 9 nitrogen and oxygen atoms in total. The number of hydrogen-bond acceptors (Lipinski definition) is 7. The number of hydrogen-bond donors (Lipinski definition) is 2. The molecule has 3 heterocycles. The lowest BCUT2D eigenvalue weighted by Gasteiger charge is -2.24. The Hall–Kier alpha value is -5.49. The van der Waals surface area contributed by atoms with Crippen LogP contribution in [0.5, 0.6) is 17.4 Å². The van der Waals surface area contributed by atoms with Crippen molar-refractivity contribution in [1.29, 1.82) is 5.26 Å². The fraction of sp³-hybridized carbons (Fsp3) is 0.129. The molecule has 0 spiro atoms. The molecule has 2 aromatic heterocycles. The van der Waals surface area contributed by atoms with E-state index in [1.165, 1.54) is 4.68 Å². The quantitative estimate of drug-likeness (QED) is 0.316. The van der Waals surface area contributed by atoms with E-state index < -0.39 is 11.8 Å². The van der Waals surface area contributed by atoms with Crippen LogP contribution >= 0.6 is 0 Å². The van der Waals surface area contributed by atoms with Crippen molar-refractivity contribution in [2.75, 3.05) is 14.2 Å². The Kier molecular flexibility index (Phi) is 6.00. The number of aromatic nitrogens is 3. The summed E-state index contributed by atoms with van der Waals surface area (Å²) in [5, 5.41) is 15.4. The topological polar surface area (TPSA) is 128 Å². The van der Waals surface area contributed by atoms with Crippen LogP contribution in [0, 0.1) is 18.3 Å². The third-order valence-electron chi connectivity index (χ3n) is 7.16. The molecule has 1 aliphatic heterocycles. The Balaban J connectivity index is 1.54. The molecule has 198 valence electrons. The molecule has 0 saturated carbocycles. The van der Waals surface area contributed by atoms with Crippen LogP contribution in [-0.2, 0) is 0 Å². The largest absolute Gasteiger partial charge is 0.497 e. The summed E-state index contributed by atoms with van der Waals surface area (Å²) in [5.41, 5.74) is 11.1. The van der Waals surface area contributed by atoms with E-state index in [0.29, 0.717) is 34.0 Å². The summed E-state index contributed by atoms with van der Waals surface area (Å²) in [4.78, 5) is 17.5. The van der Waals surface area contributed by atoms with Crippen LogP contribution in [-0.4, -0.2) is 34.9 Å². The number of nitriles is 1. The zero-order valence-electron chi connectivity index (χ0n) is 22.1. The Morgan fingerprint density at radius 3 is 2.42 bits per heavy atom. The molecular weight excluding hydrogens is 506 g/mol. The van der Waals surface area contributed by atoms with E-state index in [0.717, 1.165) is 22.0 Å². The Morgan fingerprint density at radius 2 is 1.75 bits per heavy atom. The van der Waals surface area contributed by atoms with Crippen molar-refractivity contribution in [1.82, 2.24) is 14.8 Å². The number of H-pyrrole nitrogens is 1. The van der Waals surface area contributed by atoms with E-state index in [1.807, 2.05) is 72.8 Å². The summed E-state index contributed by atoms with van der Waals surface area (Å²) in [6, 6.07) is 24.8. The number of fused-ring (bicyclic) bond motifs is 2. The predicted octanol–water partition coefficient (Wildman–Crippen LogP) is 5.26. The van der Waals surface area contributed by atoms with Crippen LogP contribution in [0.15, 0.2) is 84.3 Å². The van der Waals surface area contributed by atoms with E-state index in [1.54, 1.807) is 21.1 Å². The number of methoxy groups -OCH3 is 2. The Bertz CT molecular complexity index is 1840. The zero-order chi connectivity index (χ0) is 28.0. The van der Waals surface area contributed by atoms with Crippen LogP contribution < -0.4 is 19.9 Å². The van der Waals surface area contributed by atoms with Gasteiger partial charge in [0.05, 0.1) is 31.4 Å². The number of nitrogens with one attached hydrogen (secondary N) is 1. The second-order valence-electron chi connectivity index (χ2n) is 9.37. The lowest BCUT2D eigenvalue weighted by molar-refractivity contribution is 0.0930. The van der Waals surface area contributed by atoms with Crippen molar-refractivity contribution in [2.24, 2.45) is 5.73 Å². The second-order valence-corrected chi connectivity index (χ2v) is 9.37. The third kappa shape index (κ3) is 3.85. The fourth-order valence-electron chi connectivity index (χ4n) is 5.25. The standard InChI is InChI=1S/C31H25N5O4/c1-17-25-26(19-9-11-20(38-2)12-10-19)23(16-32)29(33)40-31(25)36(35-17)30(37)28-27(18-7-5-4-6-8-18)22-15-21(39-3)13-14-24(22)34-28/h4-15,26,34H,33H2,1-3H3. The highest BCUT2D eigenvalue weighted by molar-refractivity contribution is 6.10. The monoisotopic (exact) mass is 531 g/mol. The highest BCUT2D eigenvalue weighted by Gasteiger charge is 2.38. The molecule has 0 radical (unpaired) electrons. The molecule has 3 N–H and O–H groups in total. The molecule has 1 unspecified atom stereocenters. The van der Waals surface area contributed by atoms with Crippen LogP contribution in [0.3, 0.4) is 0 Å². The van der Waals surface area contributed by atoms with Gasteiger partial charge in [0, 0.05) is 16.5 Å². The van der Waals surface area contributed by atoms with E-state index >= 15 is 0 Å². The summed E-state index contributed by atoms with van der Waals surface area (Å²) in [6.45, 7) is 1.78. The summed E-state index contributed by atoms with van der Waals surface area (Å²) >= 11 is 0. The van der Waals surface area contributed by atoms with Crippen LogP contribution in [0.4, 0.5) is 0 Å². The average Bonchev–Trinajstić information content (AvgIpc) is 3.53. The number of carbonyl (C=O) groups is 1. The summed E-state index contributed by atoms with van der Waals surface area (Å²) in [6.07, 6.45) is 0. The first-order valence-electron chi connectivity index (χ1n) is 12.6. The molecule has 0 fully saturated rings. The molecule has 0 bridgehead atoms. The number of rotatable bonds is 5. The highest BCUT2D eigenvalue weighted by Crippen LogP contribution is 2.45. The SMILES string of the molecule is COc1ccc(C2C(C#N)=C(N)Oc3c2c(C)nn3C(=O)c2[nH]c3ccc(OC)cc3c2-c2ccccc2)cc1. The average molecular weight is 532 g/mol. The van der Waals surface area contributed by atoms with Gasteiger partial charge in [-0.05, 0) is 48.4 Å². The van der Waals surface area contributed by atoms with Crippen molar-refractivity contribution in [2.45, 2.75) is 12.8 Å². The smallest absolute Gasteiger partial charge is 0.298 e. The van der Waals surface area contributed by atoms with Crippen LogP contribution in [0.25, 0.3) is 22.0 Å². The number of aromatic amines is 1. The summed E-state index contributed by atoms with van der Waals surface area (Å²) in [7, 11) is 3.19. The number of benzene rings is 3. The number of nitrogens with zero attached hydrogens (tertiary/aromatic N) is 3. The first-order chi connectivity index (χ1) is 19.4. The number of allylic oxidation sites excluding steroid dienone is 1. The van der Waals surface area contributed by atoms with Gasteiger partial charge in [-0.3, -0.25) is 4.79 Å². The van der Waals surface area contributed by atoms with Gasteiger partial charge in [-0.25, -0.2) is 0 Å². The Morgan fingerprint density at radius 1 is 1.05 bits per heavy atom. The lowest BCUT2D eigenvalue weighted by Crippen LogP contribution is -2.24. The molecule has 0 amide bonds. The maximum absolute atomic E-state index is 14.3. The molecule has 3 aromatic carbocycles. The fourth-order valence-corrected chi connectivity index (χ4v) is 5.25. The highest BCUT2D eigenvalue weighted by atomic mass is 16.5. The van der Waals surface area contributed by atoms with Crippen molar-refractivity contribution in [3.05, 3.63) is 107 Å². The normalized spacial score (nSPS) is 14.4. The van der Waals surface area contributed by atoms with Crippen molar-refractivity contribution in [3.63, 3.8) is 0 Å². The minimum Gasteiger partial charge on any atom is -0.497 e. The molecular formula is C31H25N5O4. The van der Waals surface area contributed by atoms with Gasteiger partial charge in [0.15, 0.2) is 0 Å². The van der Waals surface area contributed by atoms with Crippen molar-refractivity contribution in [3.8, 4) is 34.6 Å². The van der Waals surface area contributed by atoms with Crippen LogP contribution in [0.1, 0.15) is 33.2 Å². The minimum atomic E-state index is -0.568. The van der Waals surface area contributed by atoms with Crippen molar-refractivity contribution >= 4 is 16.8 Å². The van der Waals surface area contributed by atoms with Crippen LogP contribution in [0.2, 0.25) is 0 Å². The molecule has 0 saturated heterocycles. The maximum atomic E-state index is 14.3. The second kappa shape index (κ2) is 9.67. The minimum absolute atomic E-state index is 0.0746. The summed E-state index contributed by atoms with van der Waals surface area (Å²) < 4.78 is 17.9. The number of aryl methyl sites for hydroxylation is 1. The molecule has 1 aliphatic rings. The van der Waals surface area contributed by atoms with Gasteiger partial charge in [0.25, 0.3) is 5.91 Å². The molecule has 6 rings (SSSR count). The van der Waals surface area contributed by atoms with Crippen molar-refractivity contribution < 1.29 is 19.0 Å². The number of carbonyl (C=O) groups excluding carboxylic acids is 1. The number of ether oxygens (including phenoxy) is 3. The molecule has 1 atom stereocenters. The van der Waals surface area contributed by atoms with Gasteiger partial charge in [-0.15, -0.1) is 0 Å². The lowest BCUT2D eigenvalue weighted by atomic mass is 9.84. The molecule has 0 aliphatic carbocycles.